The maximum absolute atomic E-state index is 9.05. The maximum Gasteiger partial charge on any atom is 0.107 e. The van der Waals surface area contributed by atoms with Crippen LogP contribution in [-0.4, -0.2) is 22.7 Å². The molecule has 2 N–H and O–H groups in total. The molecule has 0 aliphatic carbocycles. The van der Waals surface area contributed by atoms with E-state index in [9.17, 15) is 0 Å². The Balaban J connectivity index is 2.50. The van der Waals surface area contributed by atoms with Crippen LogP contribution in [0.15, 0.2) is 5.38 Å². The molecule has 4 heteroatoms. The Labute approximate surface area is 102 Å². The fourth-order valence-corrected chi connectivity index (χ4v) is 2.39. The Morgan fingerprint density at radius 1 is 1.50 bits per heavy atom. The van der Waals surface area contributed by atoms with E-state index in [1.165, 1.54) is 0 Å². The number of aromatic nitrogens is 1. The van der Waals surface area contributed by atoms with E-state index in [0.717, 1.165) is 23.7 Å². The number of aryl methyl sites for hydroxylation is 1. The van der Waals surface area contributed by atoms with Gasteiger partial charge >= 0.3 is 0 Å². The molecule has 1 aromatic heterocycles. The van der Waals surface area contributed by atoms with Crippen molar-refractivity contribution in [2.75, 3.05) is 6.61 Å². The molecule has 1 unspecified atom stereocenters. The van der Waals surface area contributed by atoms with Crippen molar-refractivity contribution in [2.45, 2.75) is 46.7 Å². The summed E-state index contributed by atoms with van der Waals surface area (Å²) in [6.07, 6.45) is 0.786. The van der Waals surface area contributed by atoms with Crippen LogP contribution in [0.25, 0.3) is 0 Å². The topological polar surface area (TPSA) is 45.1 Å². The van der Waals surface area contributed by atoms with E-state index in [2.05, 4.69) is 36.5 Å². The fraction of sp³-hybridized carbons (Fsp3) is 0.750. The third-order valence-electron chi connectivity index (χ3n) is 2.63. The van der Waals surface area contributed by atoms with Crippen LogP contribution in [0, 0.1) is 12.3 Å². The van der Waals surface area contributed by atoms with Gasteiger partial charge in [0.15, 0.2) is 0 Å². The zero-order chi connectivity index (χ0) is 12.2. The molecule has 16 heavy (non-hydrogen) atoms. The first-order chi connectivity index (χ1) is 7.43. The summed E-state index contributed by atoms with van der Waals surface area (Å²) < 4.78 is 0. The van der Waals surface area contributed by atoms with Crippen LogP contribution in [0.3, 0.4) is 0 Å². The summed E-state index contributed by atoms with van der Waals surface area (Å²) in [5.41, 5.74) is 1.24. The second-order valence-corrected chi connectivity index (χ2v) is 6.14. The van der Waals surface area contributed by atoms with Crippen molar-refractivity contribution in [3.63, 3.8) is 0 Å². The van der Waals surface area contributed by atoms with Crippen molar-refractivity contribution in [1.82, 2.24) is 10.3 Å². The van der Waals surface area contributed by atoms with E-state index in [1.807, 2.05) is 6.92 Å². The number of nitrogens with zero attached hydrogens (tertiary/aromatic N) is 1. The first-order valence-electron chi connectivity index (χ1n) is 5.68. The van der Waals surface area contributed by atoms with E-state index in [0.29, 0.717) is 6.04 Å². The highest BCUT2D eigenvalue weighted by Crippen LogP contribution is 2.22. The van der Waals surface area contributed by atoms with Crippen molar-refractivity contribution < 1.29 is 5.11 Å². The quantitative estimate of drug-likeness (QED) is 0.833. The van der Waals surface area contributed by atoms with Crippen LogP contribution >= 0.6 is 11.3 Å². The molecular formula is C12H22N2OS. The standard InChI is InChI=1S/C12H22N2OS/c1-9-8-16-11(14-9)7-13-10(5-6-15)12(2,3)4/h8,10,13,15H,5-7H2,1-4H3. The molecule has 1 atom stereocenters. The van der Waals surface area contributed by atoms with Crippen molar-refractivity contribution in [2.24, 2.45) is 5.41 Å². The van der Waals surface area contributed by atoms with Crippen LogP contribution in [-0.2, 0) is 6.54 Å². The predicted octanol–water partition coefficient (Wildman–Crippen LogP) is 2.34. The second-order valence-electron chi connectivity index (χ2n) is 5.19. The fourth-order valence-electron chi connectivity index (χ4n) is 1.66. The van der Waals surface area contributed by atoms with Crippen LogP contribution in [0.2, 0.25) is 0 Å². The number of hydrogen-bond acceptors (Lipinski definition) is 4. The Hall–Kier alpha value is -0.450. The Kier molecular flexibility index (Phi) is 4.89. The smallest absolute Gasteiger partial charge is 0.107 e. The average molecular weight is 242 g/mol. The van der Waals surface area contributed by atoms with Gasteiger partial charge in [0.2, 0.25) is 0 Å². The van der Waals surface area contributed by atoms with Gasteiger partial charge in [-0.25, -0.2) is 4.98 Å². The number of aliphatic hydroxyl groups excluding tert-OH is 1. The lowest BCUT2D eigenvalue weighted by Gasteiger charge is -2.31. The number of nitrogens with one attached hydrogen (secondary N) is 1. The predicted molar refractivity (Wildman–Crippen MR) is 68.6 cm³/mol. The molecule has 0 radical (unpaired) electrons. The van der Waals surface area contributed by atoms with Gasteiger partial charge in [-0.05, 0) is 18.8 Å². The molecule has 0 aliphatic rings. The molecular weight excluding hydrogens is 220 g/mol. The molecule has 0 amide bonds. The van der Waals surface area contributed by atoms with Crippen LogP contribution in [0.1, 0.15) is 37.9 Å². The number of rotatable bonds is 5. The maximum atomic E-state index is 9.05. The lowest BCUT2D eigenvalue weighted by atomic mass is 9.85. The SMILES string of the molecule is Cc1csc(CNC(CCO)C(C)(C)C)n1. The highest BCUT2D eigenvalue weighted by molar-refractivity contribution is 7.09. The van der Waals surface area contributed by atoms with Gasteiger partial charge in [-0.1, -0.05) is 20.8 Å². The lowest BCUT2D eigenvalue weighted by Crippen LogP contribution is -2.40. The summed E-state index contributed by atoms with van der Waals surface area (Å²) in [6, 6.07) is 0.321. The first-order valence-corrected chi connectivity index (χ1v) is 6.56. The van der Waals surface area contributed by atoms with E-state index in [-0.39, 0.29) is 12.0 Å². The highest BCUT2D eigenvalue weighted by Gasteiger charge is 2.23. The van der Waals surface area contributed by atoms with Gasteiger partial charge in [0.25, 0.3) is 0 Å². The number of hydrogen-bond donors (Lipinski definition) is 2. The normalized spacial score (nSPS) is 14.1. The molecule has 92 valence electrons. The number of thiazole rings is 1. The molecule has 0 saturated carbocycles. The molecule has 0 aromatic carbocycles. The minimum absolute atomic E-state index is 0.162. The third kappa shape index (κ3) is 4.20. The molecule has 0 saturated heterocycles. The Bertz CT molecular complexity index is 317. The summed E-state index contributed by atoms with van der Waals surface area (Å²) in [5.74, 6) is 0. The summed E-state index contributed by atoms with van der Waals surface area (Å²) >= 11 is 1.68. The monoisotopic (exact) mass is 242 g/mol. The third-order valence-corrected chi connectivity index (χ3v) is 3.60. The molecule has 3 nitrogen and oxygen atoms in total. The molecule has 0 aliphatic heterocycles. The summed E-state index contributed by atoms with van der Waals surface area (Å²) in [7, 11) is 0. The average Bonchev–Trinajstić information content (AvgIpc) is 2.57. The largest absolute Gasteiger partial charge is 0.396 e. The summed E-state index contributed by atoms with van der Waals surface area (Å²) in [5, 5.41) is 15.7. The molecule has 0 spiro atoms. The molecule has 1 rings (SSSR count). The van der Waals surface area contributed by atoms with E-state index in [1.54, 1.807) is 11.3 Å². The van der Waals surface area contributed by atoms with Crippen molar-refractivity contribution in [3.8, 4) is 0 Å². The first kappa shape index (κ1) is 13.6. The van der Waals surface area contributed by atoms with E-state index >= 15 is 0 Å². The van der Waals surface area contributed by atoms with Gasteiger partial charge in [-0.2, -0.15) is 0 Å². The van der Waals surface area contributed by atoms with Gasteiger partial charge in [-0.3, -0.25) is 0 Å². The zero-order valence-electron chi connectivity index (χ0n) is 10.6. The Morgan fingerprint density at radius 2 is 2.19 bits per heavy atom. The lowest BCUT2D eigenvalue weighted by molar-refractivity contribution is 0.196. The van der Waals surface area contributed by atoms with Gasteiger partial charge in [0.1, 0.15) is 5.01 Å². The minimum atomic E-state index is 0.162. The van der Waals surface area contributed by atoms with Gasteiger partial charge in [-0.15, -0.1) is 11.3 Å². The zero-order valence-corrected chi connectivity index (χ0v) is 11.4. The molecule has 0 fully saturated rings. The molecule has 1 aromatic rings. The van der Waals surface area contributed by atoms with Crippen LogP contribution < -0.4 is 5.32 Å². The van der Waals surface area contributed by atoms with Gasteiger partial charge < -0.3 is 10.4 Å². The van der Waals surface area contributed by atoms with Crippen molar-refractivity contribution >= 4 is 11.3 Å². The van der Waals surface area contributed by atoms with Crippen LogP contribution in [0.5, 0.6) is 0 Å². The van der Waals surface area contributed by atoms with E-state index < -0.39 is 0 Å². The molecule has 1 heterocycles. The van der Waals surface area contributed by atoms with Crippen molar-refractivity contribution in [3.05, 3.63) is 16.1 Å². The van der Waals surface area contributed by atoms with Crippen LogP contribution in [0.4, 0.5) is 0 Å². The summed E-state index contributed by atoms with van der Waals surface area (Å²) in [4.78, 5) is 4.42. The number of aliphatic hydroxyl groups is 1. The van der Waals surface area contributed by atoms with Gasteiger partial charge in [0.05, 0.1) is 0 Å². The Morgan fingerprint density at radius 3 is 2.62 bits per heavy atom. The van der Waals surface area contributed by atoms with Crippen molar-refractivity contribution in [1.29, 1.82) is 0 Å². The minimum Gasteiger partial charge on any atom is -0.396 e. The highest BCUT2D eigenvalue weighted by atomic mass is 32.1. The van der Waals surface area contributed by atoms with Gasteiger partial charge in [0, 0.05) is 30.3 Å². The molecule has 0 bridgehead atoms. The van der Waals surface area contributed by atoms with E-state index in [4.69, 9.17) is 5.11 Å². The summed E-state index contributed by atoms with van der Waals surface area (Å²) in [6.45, 7) is 9.59. The second kappa shape index (κ2) is 5.75.